The van der Waals surface area contributed by atoms with E-state index in [-0.39, 0.29) is 18.6 Å². The second-order valence-corrected chi connectivity index (χ2v) is 4.78. The van der Waals surface area contributed by atoms with E-state index in [1.165, 1.54) is 0 Å². The van der Waals surface area contributed by atoms with Gasteiger partial charge in [0.25, 0.3) is 0 Å². The smallest absolute Gasteiger partial charge is 0.246 e. The lowest BCUT2D eigenvalue weighted by Crippen LogP contribution is -2.36. The average Bonchev–Trinajstić information content (AvgIpc) is 2.45. The first-order chi connectivity index (χ1) is 9.60. The van der Waals surface area contributed by atoms with E-state index in [1.807, 2.05) is 38.1 Å². The van der Waals surface area contributed by atoms with Crippen molar-refractivity contribution in [3.05, 3.63) is 35.9 Å². The quantitative estimate of drug-likeness (QED) is 0.778. The van der Waals surface area contributed by atoms with Crippen LogP contribution >= 0.6 is 0 Å². The molecular formula is C16H23NO3. The summed E-state index contributed by atoms with van der Waals surface area (Å²) >= 11 is 0. The van der Waals surface area contributed by atoms with Crippen LogP contribution in [0.5, 0.6) is 5.75 Å². The van der Waals surface area contributed by atoms with Crippen molar-refractivity contribution >= 4 is 12.0 Å². The third-order valence-corrected chi connectivity index (χ3v) is 3.01. The zero-order valence-corrected chi connectivity index (χ0v) is 12.4. The summed E-state index contributed by atoms with van der Waals surface area (Å²) in [6.45, 7) is 4.58. The number of hydrogen-bond donors (Lipinski definition) is 1. The Bertz CT molecular complexity index is 455. The number of aliphatic hydroxyl groups excluding tert-OH is 1. The second-order valence-electron chi connectivity index (χ2n) is 4.78. The maximum Gasteiger partial charge on any atom is 0.246 e. The molecule has 0 bridgehead atoms. The summed E-state index contributed by atoms with van der Waals surface area (Å²) in [7, 11) is 1.61. The predicted molar refractivity (Wildman–Crippen MR) is 80.6 cm³/mol. The molecule has 1 rings (SSSR count). The first kappa shape index (κ1) is 16.2. The van der Waals surface area contributed by atoms with Crippen LogP contribution in [0, 0.1) is 0 Å². The monoisotopic (exact) mass is 277 g/mol. The average molecular weight is 277 g/mol. The molecule has 1 N–H and O–H groups in total. The molecule has 0 unspecified atom stereocenters. The Kier molecular flexibility index (Phi) is 6.81. The van der Waals surface area contributed by atoms with Crippen LogP contribution in [0.15, 0.2) is 30.3 Å². The van der Waals surface area contributed by atoms with Crippen molar-refractivity contribution in [2.45, 2.75) is 26.3 Å². The molecule has 4 nitrogen and oxygen atoms in total. The minimum absolute atomic E-state index is 0.0562. The molecule has 0 aliphatic rings. The number of carbonyl (C=O) groups excluding carboxylic acids is 1. The summed E-state index contributed by atoms with van der Waals surface area (Å²) in [5.74, 6) is 0.683. The van der Waals surface area contributed by atoms with Crippen LogP contribution in [-0.4, -0.2) is 42.2 Å². The SMILES string of the molecule is COc1ccccc1/C=C/C(=O)N(CCCO)C(C)C. The van der Waals surface area contributed by atoms with Gasteiger partial charge >= 0.3 is 0 Å². The Labute approximate surface area is 120 Å². The van der Waals surface area contributed by atoms with E-state index in [1.54, 1.807) is 24.2 Å². The summed E-state index contributed by atoms with van der Waals surface area (Å²) < 4.78 is 5.24. The van der Waals surface area contributed by atoms with Gasteiger partial charge in [0.05, 0.1) is 7.11 Å². The first-order valence-corrected chi connectivity index (χ1v) is 6.82. The van der Waals surface area contributed by atoms with Crippen LogP contribution in [0.4, 0.5) is 0 Å². The molecule has 0 saturated heterocycles. The summed E-state index contributed by atoms with van der Waals surface area (Å²) in [5.41, 5.74) is 0.870. The van der Waals surface area contributed by atoms with Crippen molar-refractivity contribution in [2.75, 3.05) is 20.3 Å². The number of para-hydroxylation sites is 1. The molecule has 0 aliphatic heterocycles. The molecule has 110 valence electrons. The largest absolute Gasteiger partial charge is 0.496 e. The Morgan fingerprint density at radius 2 is 2.10 bits per heavy atom. The third-order valence-electron chi connectivity index (χ3n) is 3.01. The fraction of sp³-hybridized carbons (Fsp3) is 0.438. The van der Waals surface area contributed by atoms with Crippen molar-refractivity contribution in [3.63, 3.8) is 0 Å². The number of methoxy groups -OCH3 is 1. The number of hydrogen-bond acceptors (Lipinski definition) is 3. The van der Waals surface area contributed by atoms with E-state index in [9.17, 15) is 4.79 Å². The van der Waals surface area contributed by atoms with Gasteiger partial charge in [-0.1, -0.05) is 18.2 Å². The Hall–Kier alpha value is -1.81. The topological polar surface area (TPSA) is 49.8 Å². The number of carbonyl (C=O) groups is 1. The van der Waals surface area contributed by atoms with Crippen LogP contribution in [0.25, 0.3) is 6.08 Å². The van der Waals surface area contributed by atoms with Crippen LogP contribution in [-0.2, 0) is 4.79 Å². The standard InChI is InChI=1S/C16H23NO3/c1-13(2)17(11-6-12-18)16(19)10-9-14-7-4-5-8-15(14)20-3/h4-5,7-10,13,18H,6,11-12H2,1-3H3/b10-9+. The van der Waals surface area contributed by atoms with Gasteiger partial charge in [0.2, 0.25) is 5.91 Å². The second kappa shape index (κ2) is 8.38. The highest BCUT2D eigenvalue weighted by Crippen LogP contribution is 2.18. The van der Waals surface area contributed by atoms with Gasteiger partial charge in [-0.05, 0) is 32.4 Å². The molecule has 0 aliphatic carbocycles. The van der Waals surface area contributed by atoms with E-state index in [4.69, 9.17) is 9.84 Å². The van der Waals surface area contributed by atoms with Crippen molar-refractivity contribution in [2.24, 2.45) is 0 Å². The summed E-state index contributed by atoms with van der Waals surface area (Å²) in [6.07, 6.45) is 3.90. The van der Waals surface area contributed by atoms with Crippen LogP contribution in [0.1, 0.15) is 25.8 Å². The molecule has 0 spiro atoms. The summed E-state index contributed by atoms with van der Waals surface area (Å²) in [6, 6.07) is 7.65. The fourth-order valence-corrected chi connectivity index (χ4v) is 1.92. The molecule has 0 atom stereocenters. The zero-order valence-electron chi connectivity index (χ0n) is 12.4. The lowest BCUT2D eigenvalue weighted by Gasteiger charge is -2.25. The van der Waals surface area contributed by atoms with E-state index < -0.39 is 0 Å². The first-order valence-electron chi connectivity index (χ1n) is 6.82. The van der Waals surface area contributed by atoms with Gasteiger partial charge in [0, 0.05) is 30.8 Å². The maximum absolute atomic E-state index is 12.2. The summed E-state index contributed by atoms with van der Waals surface area (Å²) in [4.78, 5) is 13.9. The maximum atomic E-state index is 12.2. The predicted octanol–water partition coefficient (Wildman–Crippen LogP) is 2.33. The minimum Gasteiger partial charge on any atom is -0.496 e. The number of benzene rings is 1. The highest BCUT2D eigenvalue weighted by Gasteiger charge is 2.13. The molecule has 0 radical (unpaired) electrons. The highest BCUT2D eigenvalue weighted by atomic mass is 16.5. The van der Waals surface area contributed by atoms with Crippen LogP contribution in [0.2, 0.25) is 0 Å². The Morgan fingerprint density at radius 3 is 2.70 bits per heavy atom. The van der Waals surface area contributed by atoms with Gasteiger partial charge in [0.15, 0.2) is 0 Å². The van der Waals surface area contributed by atoms with Crippen molar-refractivity contribution in [1.82, 2.24) is 4.90 Å². The molecule has 4 heteroatoms. The number of amides is 1. The molecule has 1 aromatic carbocycles. The zero-order chi connectivity index (χ0) is 15.0. The Morgan fingerprint density at radius 1 is 1.40 bits per heavy atom. The van der Waals surface area contributed by atoms with Crippen molar-refractivity contribution in [3.8, 4) is 5.75 Å². The lowest BCUT2D eigenvalue weighted by molar-refractivity contribution is -0.127. The van der Waals surface area contributed by atoms with Gasteiger partial charge in [-0.25, -0.2) is 0 Å². The van der Waals surface area contributed by atoms with E-state index >= 15 is 0 Å². The number of rotatable bonds is 7. The van der Waals surface area contributed by atoms with Gasteiger partial charge in [0.1, 0.15) is 5.75 Å². The van der Waals surface area contributed by atoms with Crippen molar-refractivity contribution < 1.29 is 14.6 Å². The number of nitrogens with zero attached hydrogens (tertiary/aromatic N) is 1. The van der Waals surface area contributed by atoms with E-state index in [0.717, 1.165) is 11.3 Å². The fourth-order valence-electron chi connectivity index (χ4n) is 1.92. The van der Waals surface area contributed by atoms with Gasteiger partial charge in [-0.15, -0.1) is 0 Å². The third kappa shape index (κ3) is 4.70. The molecule has 0 fully saturated rings. The van der Waals surface area contributed by atoms with E-state index in [0.29, 0.717) is 13.0 Å². The molecule has 1 amide bonds. The van der Waals surface area contributed by atoms with Crippen molar-refractivity contribution in [1.29, 1.82) is 0 Å². The normalized spacial score (nSPS) is 11.1. The Balaban J connectivity index is 2.78. The van der Waals surface area contributed by atoms with E-state index in [2.05, 4.69) is 0 Å². The molecule has 0 aromatic heterocycles. The molecule has 1 aromatic rings. The van der Waals surface area contributed by atoms with Gasteiger partial charge < -0.3 is 14.7 Å². The summed E-state index contributed by atoms with van der Waals surface area (Å²) in [5, 5.41) is 8.88. The molecular weight excluding hydrogens is 254 g/mol. The lowest BCUT2D eigenvalue weighted by atomic mass is 10.2. The van der Waals surface area contributed by atoms with Gasteiger partial charge in [-0.3, -0.25) is 4.79 Å². The molecule has 0 heterocycles. The minimum atomic E-state index is -0.0562. The number of ether oxygens (including phenoxy) is 1. The molecule has 20 heavy (non-hydrogen) atoms. The van der Waals surface area contributed by atoms with Gasteiger partial charge in [-0.2, -0.15) is 0 Å². The van der Waals surface area contributed by atoms with Crippen LogP contribution < -0.4 is 4.74 Å². The molecule has 0 saturated carbocycles. The number of aliphatic hydroxyl groups is 1. The highest BCUT2D eigenvalue weighted by molar-refractivity contribution is 5.92. The van der Waals surface area contributed by atoms with Crippen LogP contribution in [0.3, 0.4) is 0 Å².